The highest BCUT2D eigenvalue weighted by molar-refractivity contribution is 6.31. The van der Waals surface area contributed by atoms with Crippen LogP contribution >= 0.6 is 11.6 Å². The molecule has 0 saturated heterocycles. The summed E-state index contributed by atoms with van der Waals surface area (Å²) in [6, 6.07) is 21.7. The Morgan fingerprint density at radius 1 is 0.600 bits per heavy atom. The van der Waals surface area contributed by atoms with Crippen molar-refractivity contribution in [2.75, 3.05) is 0 Å². The molecule has 0 unspecified atom stereocenters. The van der Waals surface area contributed by atoms with Gasteiger partial charge in [-0.15, -0.1) is 0 Å². The van der Waals surface area contributed by atoms with Crippen LogP contribution in [0.4, 0.5) is 0 Å². The van der Waals surface area contributed by atoms with Crippen molar-refractivity contribution in [1.82, 2.24) is 0 Å². The zero-order valence-corrected chi connectivity index (χ0v) is 25.3. The van der Waals surface area contributed by atoms with Gasteiger partial charge in [-0.2, -0.15) is 0 Å². The summed E-state index contributed by atoms with van der Waals surface area (Å²) in [7, 11) is 0. The van der Waals surface area contributed by atoms with Gasteiger partial charge in [0, 0.05) is 10.7 Å². The summed E-state index contributed by atoms with van der Waals surface area (Å²) in [6.07, 6.45) is 1.15. The molecule has 0 radical (unpaired) electrons. The topological polar surface area (TPSA) is 0 Å². The molecule has 0 amide bonds. The molecular weight excluding hydrogens is 444 g/mol. The molecule has 3 aromatic carbocycles. The molecule has 0 heterocycles. The summed E-state index contributed by atoms with van der Waals surface area (Å²) >= 11 is 6.02. The van der Waals surface area contributed by atoms with Gasteiger partial charge in [-0.25, -0.2) is 0 Å². The molecule has 0 N–H and O–H groups in total. The summed E-state index contributed by atoms with van der Waals surface area (Å²) in [5.74, 6) is 1.82. The first-order valence-electron chi connectivity index (χ1n) is 13.4. The molecule has 0 atom stereocenters. The molecule has 0 bridgehead atoms. The molecule has 0 aliphatic heterocycles. The fourth-order valence-electron chi connectivity index (χ4n) is 3.66. The van der Waals surface area contributed by atoms with Crippen LogP contribution in [0.15, 0.2) is 60.7 Å². The van der Waals surface area contributed by atoms with Crippen LogP contribution in [0.25, 0.3) is 0 Å². The molecular formula is C34H59Cl. The zero-order chi connectivity index (χ0) is 27.1. The van der Waals surface area contributed by atoms with Gasteiger partial charge < -0.3 is 0 Å². The number of halogens is 1. The maximum absolute atomic E-state index is 6.02. The van der Waals surface area contributed by atoms with E-state index in [-0.39, 0.29) is 5.71 Å². The van der Waals surface area contributed by atoms with E-state index in [4.69, 9.17) is 11.6 Å². The van der Waals surface area contributed by atoms with Crippen LogP contribution in [0.5, 0.6) is 0 Å². The van der Waals surface area contributed by atoms with Crippen molar-refractivity contribution in [2.45, 2.75) is 107 Å². The third kappa shape index (κ3) is 12.5. The van der Waals surface area contributed by atoms with E-state index in [0.29, 0.717) is 17.8 Å². The van der Waals surface area contributed by atoms with E-state index in [1.165, 1.54) is 38.9 Å². The van der Waals surface area contributed by atoms with Gasteiger partial charge in [0.1, 0.15) is 0 Å². The third-order valence-corrected chi connectivity index (χ3v) is 6.15. The van der Waals surface area contributed by atoms with Crippen LogP contribution in [0.1, 0.15) is 125 Å². The predicted molar refractivity (Wildman–Crippen MR) is 170 cm³/mol. The maximum Gasteiger partial charge on any atom is 0.0443 e. The lowest BCUT2D eigenvalue weighted by Gasteiger charge is -2.11. The Balaban J connectivity index is -0.000000137. The van der Waals surface area contributed by atoms with Gasteiger partial charge in [0.2, 0.25) is 0 Å². The van der Waals surface area contributed by atoms with Crippen LogP contribution in [-0.2, 0) is 6.42 Å². The van der Waals surface area contributed by atoms with E-state index in [0.717, 1.165) is 11.4 Å². The first kappa shape index (κ1) is 33.0. The molecule has 35 heavy (non-hydrogen) atoms. The van der Waals surface area contributed by atoms with E-state index in [9.17, 15) is 0 Å². The highest BCUT2D eigenvalue weighted by Crippen LogP contribution is 2.24. The Labute approximate surface area is 229 Å². The van der Waals surface area contributed by atoms with Crippen molar-refractivity contribution >= 4 is 11.6 Å². The van der Waals surface area contributed by atoms with Crippen LogP contribution in [0.3, 0.4) is 0 Å². The average molecular weight is 507 g/mol. The van der Waals surface area contributed by atoms with Crippen LogP contribution in [0, 0.1) is 20.8 Å². The summed E-state index contributed by atoms with van der Waals surface area (Å²) in [6.45, 7) is 25.8. The SMILES string of the molecule is CC.CCc1cc(C)ccc1C(C)C.Cc1ccc(C(C)C)c(Cl)c1.Cc1ccc(C(C)C)cc1.[2HH].[2HH].[2HH].[2HH]. The first-order valence-corrected chi connectivity index (χ1v) is 13.8. The van der Waals surface area contributed by atoms with E-state index in [1.807, 2.05) is 19.9 Å². The Hall–Kier alpha value is -2.05. The number of benzene rings is 3. The number of hydrogen-bond donors (Lipinski definition) is 0. The maximum atomic E-state index is 6.02. The second-order valence-corrected chi connectivity index (χ2v) is 10.4. The van der Waals surface area contributed by atoms with Gasteiger partial charge in [0.05, 0.1) is 0 Å². The molecule has 3 rings (SSSR count). The van der Waals surface area contributed by atoms with Gasteiger partial charge >= 0.3 is 0 Å². The van der Waals surface area contributed by atoms with Crippen molar-refractivity contribution in [1.29, 1.82) is 0 Å². The summed E-state index contributed by atoms with van der Waals surface area (Å²) in [5, 5.41) is 0.889. The molecule has 0 aromatic heterocycles. The highest BCUT2D eigenvalue weighted by atomic mass is 35.5. The molecule has 1 heteroatoms. The second kappa shape index (κ2) is 17.4. The fraction of sp³-hybridized carbons (Fsp3) is 0.471. The molecule has 0 aliphatic carbocycles. The minimum atomic E-state index is 0. The van der Waals surface area contributed by atoms with Gasteiger partial charge in [-0.05, 0) is 78.8 Å². The largest absolute Gasteiger partial charge is 0.0840 e. The zero-order valence-electron chi connectivity index (χ0n) is 24.6. The Kier molecular flexibility index (Phi) is 16.4. The van der Waals surface area contributed by atoms with Crippen LogP contribution in [0.2, 0.25) is 5.02 Å². The minimum absolute atomic E-state index is 0. The molecule has 0 fully saturated rings. The summed E-state index contributed by atoms with van der Waals surface area (Å²) in [4.78, 5) is 0. The van der Waals surface area contributed by atoms with E-state index < -0.39 is 0 Å². The Bertz CT molecular complexity index is 981. The lowest BCUT2D eigenvalue weighted by atomic mass is 9.94. The fourth-order valence-corrected chi connectivity index (χ4v) is 4.11. The lowest BCUT2D eigenvalue weighted by molar-refractivity contribution is 0.843. The molecule has 0 nitrogen and oxygen atoms in total. The van der Waals surface area contributed by atoms with Gasteiger partial charge in [-0.1, -0.05) is 140 Å². The number of rotatable bonds is 4. The molecule has 202 valence electrons. The van der Waals surface area contributed by atoms with Gasteiger partial charge in [0.25, 0.3) is 0 Å². The van der Waals surface area contributed by atoms with Crippen LogP contribution in [-0.4, -0.2) is 0 Å². The average Bonchev–Trinajstić information content (AvgIpc) is 2.81. The number of aryl methyl sites for hydroxylation is 4. The van der Waals surface area contributed by atoms with Crippen LogP contribution < -0.4 is 0 Å². The minimum Gasteiger partial charge on any atom is -0.0840 e. The third-order valence-electron chi connectivity index (χ3n) is 5.82. The highest BCUT2D eigenvalue weighted by Gasteiger charge is 2.04. The standard InChI is InChI=1S/C12H18.C10H13Cl.C10H14.C2H6.4H2/c1-5-11-8-10(4)6-7-12(11)9(2)3;1-7(2)9-5-4-8(3)6-10(9)11;1-8(2)10-6-4-9(3)5-7-10;1-2;;;;/h6-9H,5H2,1-4H3;4-7H,1-3H3;4-8H,1-3H3;1-2H3;4*1H/i;;;;4*1+1. The molecule has 0 aliphatic rings. The van der Waals surface area contributed by atoms with E-state index >= 15 is 0 Å². The normalized spacial score (nSPS) is 10.2. The van der Waals surface area contributed by atoms with Crippen molar-refractivity contribution in [2.24, 2.45) is 0 Å². The molecule has 0 spiro atoms. The van der Waals surface area contributed by atoms with E-state index in [1.54, 1.807) is 0 Å². The monoisotopic (exact) mass is 506 g/mol. The Morgan fingerprint density at radius 2 is 1.03 bits per heavy atom. The molecule has 0 saturated carbocycles. The van der Waals surface area contributed by atoms with Crippen molar-refractivity contribution in [3.8, 4) is 0 Å². The predicted octanol–water partition coefficient (Wildman–Crippen LogP) is 12.6. The van der Waals surface area contributed by atoms with E-state index in [2.05, 4.69) is 124 Å². The summed E-state index contributed by atoms with van der Waals surface area (Å²) < 4.78 is 0. The van der Waals surface area contributed by atoms with Crippen molar-refractivity contribution in [3.63, 3.8) is 0 Å². The first-order chi connectivity index (χ1) is 16.5. The number of hydrogen-bond acceptors (Lipinski definition) is 0. The van der Waals surface area contributed by atoms with Gasteiger partial charge in [-0.3, -0.25) is 0 Å². The van der Waals surface area contributed by atoms with Crippen molar-refractivity contribution in [3.05, 3.63) is 105 Å². The van der Waals surface area contributed by atoms with Crippen molar-refractivity contribution < 1.29 is 5.71 Å². The second-order valence-electron chi connectivity index (χ2n) is 9.96. The Morgan fingerprint density at radius 3 is 1.43 bits per heavy atom. The van der Waals surface area contributed by atoms with Gasteiger partial charge in [0.15, 0.2) is 0 Å². The lowest BCUT2D eigenvalue weighted by Crippen LogP contribution is -1.95. The smallest absolute Gasteiger partial charge is 0.0443 e. The summed E-state index contributed by atoms with van der Waals surface area (Å²) in [5.41, 5.74) is 9.59. The molecule has 3 aromatic rings. The quantitative estimate of drug-likeness (QED) is 0.330.